The fraction of sp³-hybridized carbons (Fsp3) is 0.238. The highest BCUT2D eigenvalue weighted by atomic mass is 35.5. The van der Waals surface area contributed by atoms with Crippen LogP contribution in [-0.4, -0.2) is 30.7 Å². The molecule has 0 saturated heterocycles. The average molecular weight is 447 g/mol. The molecule has 1 amide bonds. The molecule has 3 rings (SSSR count). The van der Waals surface area contributed by atoms with Gasteiger partial charge >= 0.3 is 0 Å². The molecule has 1 unspecified atom stereocenters. The van der Waals surface area contributed by atoms with Gasteiger partial charge in [-0.2, -0.15) is 5.10 Å². The number of halogens is 1. The summed E-state index contributed by atoms with van der Waals surface area (Å²) in [5, 5.41) is 7.03. The molecule has 0 saturated carbocycles. The van der Waals surface area contributed by atoms with Crippen molar-refractivity contribution in [1.82, 2.24) is 19.8 Å². The number of rotatable bonds is 9. The average Bonchev–Trinajstić information content (AvgIpc) is 3.24. The molecule has 30 heavy (non-hydrogen) atoms. The van der Waals surface area contributed by atoms with Crippen molar-refractivity contribution in [3.8, 4) is 0 Å². The summed E-state index contributed by atoms with van der Waals surface area (Å²) in [6.45, 7) is 3.21. The molecule has 0 aliphatic rings. The predicted molar refractivity (Wildman–Crippen MR) is 116 cm³/mol. The number of nitrogens with zero attached hydrogens (tertiary/aromatic N) is 2. The van der Waals surface area contributed by atoms with Gasteiger partial charge in [0, 0.05) is 37.6 Å². The molecule has 7 nitrogen and oxygen atoms in total. The topological polar surface area (TPSA) is 93.1 Å². The Balaban J connectivity index is 1.65. The van der Waals surface area contributed by atoms with Crippen LogP contribution in [0, 0.1) is 5.92 Å². The maximum Gasteiger partial charge on any atom is 0.251 e. The van der Waals surface area contributed by atoms with Crippen molar-refractivity contribution >= 4 is 27.5 Å². The zero-order valence-corrected chi connectivity index (χ0v) is 18.0. The molecular formula is C21H23ClN4O3S. The Morgan fingerprint density at radius 2 is 1.93 bits per heavy atom. The van der Waals surface area contributed by atoms with Crippen molar-refractivity contribution in [2.45, 2.75) is 24.9 Å². The van der Waals surface area contributed by atoms with Gasteiger partial charge in [0.05, 0.1) is 5.02 Å². The van der Waals surface area contributed by atoms with E-state index in [0.717, 1.165) is 5.56 Å². The van der Waals surface area contributed by atoms with E-state index >= 15 is 0 Å². The van der Waals surface area contributed by atoms with E-state index in [1.807, 2.05) is 49.5 Å². The van der Waals surface area contributed by atoms with E-state index in [1.54, 1.807) is 10.9 Å². The lowest BCUT2D eigenvalue weighted by atomic mass is 10.1. The van der Waals surface area contributed by atoms with Gasteiger partial charge in [-0.3, -0.25) is 9.48 Å². The van der Waals surface area contributed by atoms with Crippen LogP contribution in [0.3, 0.4) is 0 Å². The van der Waals surface area contributed by atoms with Gasteiger partial charge in [-0.15, -0.1) is 0 Å². The normalized spacial score (nSPS) is 12.5. The lowest BCUT2D eigenvalue weighted by Gasteiger charge is -2.14. The van der Waals surface area contributed by atoms with Gasteiger partial charge in [0.2, 0.25) is 10.0 Å². The second-order valence-electron chi connectivity index (χ2n) is 7.00. The van der Waals surface area contributed by atoms with E-state index in [0.29, 0.717) is 13.1 Å². The number of hydrogen-bond donors (Lipinski definition) is 2. The van der Waals surface area contributed by atoms with Crippen LogP contribution in [0.1, 0.15) is 22.8 Å². The van der Waals surface area contributed by atoms with Crippen LogP contribution in [0.2, 0.25) is 5.02 Å². The van der Waals surface area contributed by atoms with E-state index in [2.05, 4.69) is 15.1 Å². The summed E-state index contributed by atoms with van der Waals surface area (Å²) in [4.78, 5) is 12.4. The minimum Gasteiger partial charge on any atom is -0.352 e. The van der Waals surface area contributed by atoms with E-state index in [4.69, 9.17) is 11.6 Å². The van der Waals surface area contributed by atoms with Crippen LogP contribution in [0.15, 0.2) is 71.9 Å². The van der Waals surface area contributed by atoms with Crippen LogP contribution < -0.4 is 10.0 Å². The largest absolute Gasteiger partial charge is 0.352 e. The molecule has 158 valence electrons. The van der Waals surface area contributed by atoms with Crippen molar-refractivity contribution in [2.24, 2.45) is 5.92 Å². The molecule has 1 atom stereocenters. The van der Waals surface area contributed by atoms with Crippen LogP contribution in [0.4, 0.5) is 0 Å². The number of aromatic nitrogens is 2. The number of nitrogens with one attached hydrogen (secondary N) is 2. The first-order chi connectivity index (χ1) is 14.3. The fourth-order valence-electron chi connectivity index (χ4n) is 2.86. The molecule has 3 aromatic rings. The molecule has 0 bridgehead atoms. The second kappa shape index (κ2) is 9.88. The standard InChI is InChI=1S/C21H23ClN4O3S/c1-16(15-26-11-5-10-24-26)13-23-21(27)18-8-9-19(22)20(12-18)30(28,29)25-14-17-6-3-2-4-7-17/h2-12,16,25H,13-15H2,1H3,(H,23,27). The summed E-state index contributed by atoms with van der Waals surface area (Å²) in [5.74, 6) is -0.213. The minimum atomic E-state index is -3.88. The molecule has 2 aromatic carbocycles. The lowest BCUT2D eigenvalue weighted by molar-refractivity contribution is 0.0946. The van der Waals surface area contributed by atoms with E-state index in [9.17, 15) is 13.2 Å². The van der Waals surface area contributed by atoms with Crippen molar-refractivity contribution in [3.05, 3.63) is 83.1 Å². The first-order valence-corrected chi connectivity index (χ1v) is 11.3. The Labute approximate surface area is 181 Å². The van der Waals surface area contributed by atoms with Crippen LogP contribution in [0.5, 0.6) is 0 Å². The number of amides is 1. The number of sulfonamides is 1. The van der Waals surface area contributed by atoms with Gasteiger partial charge in [-0.05, 0) is 35.7 Å². The fourth-order valence-corrected chi connectivity index (χ4v) is 4.41. The number of benzene rings is 2. The van der Waals surface area contributed by atoms with Gasteiger partial charge in [-0.25, -0.2) is 13.1 Å². The quantitative estimate of drug-likeness (QED) is 0.528. The molecule has 0 fully saturated rings. The second-order valence-corrected chi connectivity index (χ2v) is 9.14. The third-order valence-electron chi connectivity index (χ3n) is 4.46. The Kier molecular flexibility index (Phi) is 7.25. The zero-order valence-electron chi connectivity index (χ0n) is 16.5. The molecule has 9 heteroatoms. The maximum absolute atomic E-state index is 12.7. The molecule has 0 aliphatic heterocycles. The van der Waals surface area contributed by atoms with E-state index in [1.165, 1.54) is 18.2 Å². The maximum atomic E-state index is 12.7. The van der Waals surface area contributed by atoms with Gasteiger partial charge in [0.25, 0.3) is 5.91 Å². The van der Waals surface area contributed by atoms with Crippen LogP contribution in [-0.2, 0) is 23.1 Å². The van der Waals surface area contributed by atoms with Gasteiger partial charge < -0.3 is 5.32 Å². The molecule has 0 spiro atoms. The molecule has 1 heterocycles. The SMILES string of the molecule is CC(CNC(=O)c1ccc(Cl)c(S(=O)(=O)NCc2ccccc2)c1)Cn1cccn1. The third-order valence-corrected chi connectivity index (χ3v) is 6.34. The Hall–Kier alpha value is -2.68. The smallest absolute Gasteiger partial charge is 0.251 e. The Morgan fingerprint density at radius 3 is 2.63 bits per heavy atom. The van der Waals surface area contributed by atoms with Crippen molar-refractivity contribution in [2.75, 3.05) is 6.54 Å². The van der Waals surface area contributed by atoms with E-state index in [-0.39, 0.29) is 33.9 Å². The van der Waals surface area contributed by atoms with Crippen LogP contribution in [0.25, 0.3) is 0 Å². The highest BCUT2D eigenvalue weighted by molar-refractivity contribution is 7.89. The van der Waals surface area contributed by atoms with Crippen molar-refractivity contribution < 1.29 is 13.2 Å². The summed E-state index contributed by atoms with van der Waals surface area (Å²) in [6.07, 6.45) is 3.56. The summed E-state index contributed by atoms with van der Waals surface area (Å²) in [7, 11) is -3.88. The third kappa shape index (κ3) is 5.91. The molecule has 1 aromatic heterocycles. The van der Waals surface area contributed by atoms with Crippen LogP contribution >= 0.6 is 11.6 Å². The summed E-state index contributed by atoms with van der Waals surface area (Å²) < 4.78 is 29.7. The van der Waals surface area contributed by atoms with Gasteiger partial charge in [0.1, 0.15) is 4.90 Å². The van der Waals surface area contributed by atoms with Gasteiger partial charge in [-0.1, -0.05) is 48.9 Å². The van der Waals surface area contributed by atoms with Gasteiger partial charge in [0.15, 0.2) is 0 Å². The summed E-state index contributed by atoms with van der Waals surface area (Å²) in [5.41, 5.74) is 1.04. The number of hydrogen-bond acceptors (Lipinski definition) is 4. The van der Waals surface area contributed by atoms with Crippen molar-refractivity contribution in [1.29, 1.82) is 0 Å². The molecular weight excluding hydrogens is 424 g/mol. The minimum absolute atomic E-state index is 0.0548. The Morgan fingerprint density at radius 1 is 1.17 bits per heavy atom. The summed E-state index contributed by atoms with van der Waals surface area (Å²) in [6, 6.07) is 15.2. The van der Waals surface area contributed by atoms with E-state index < -0.39 is 10.0 Å². The number of carbonyl (C=O) groups excluding carboxylic acids is 1. The lowest BCUT2D eigenvalue weighted by Crippen LogP contribution is -2.30. The monoisotopic (exact) mass is 446 g/mol. The zero-order chi connectivity index (χ0) is 21.6. The molecule has 0 radical (unpaired) electrons. The first kappa shape index (κ1) is 22.0. The summed E-state index contributed by atoms with van der Waals surface area (Å²) >= 11 is 6.11. The predicted octanol–water partition coefficient (Wildman–Crippen LogP) is 3.08. The Bertz CT molecular complexity index is 1090. The number of carbonyl (C=O) groups is 1. The first-order valence-electron chi connectivity index (χ1n) is 9.44. The van der Waals surface area contributed by atoms with Crippen molar-refractivity contribution in [3.63, 3.8) is 0 Å². The molecule has 2 N–H and O–H groups in total. The molecule has 0 aliphatic carbocycles. The highest BCUT2D eigenvalue weighted by Crippen LogP contribution is 2.23. The highest BCUT2D eigenvalue weighted by Gasteiger charge is 2.20.